The molecule has 2 heterocycles. The van der Waals surface area contributed by atoms with E-state index in [0.717, 1.165) is 49.1 Å². The van der Waals surface area contributed by atoms with E-state index in [1.165, 1.54) is 6.07 Å². The molecule has 0 radical (unpaired) electrons. The van der Waals surface area contributed by atoms with Crippen LogP contribution in [0.3, 0.4) is 0 Å². The Bertz CT molecular complexity index is 901. The molecule has 6 amide bonds. The molecule has 154 valence electrons. The molecule has 1 aliphatic carbocycles. The minimum atomic E-state index is -1.93. The molecule has 1 unspecified atom stereocenters. The number of carbonyl (C=O) groups is 4. The minimum absolute atomic E-state index is 0.00264. The fraction of sp³-hybridized carbons (Fsp3) is 0.474. The summed E-state index contributed by atoms with van der Waals surface area (Å²) in [6.07, 6.45) is 2.84. The maximum absolute atomic E-state index is 14.0. The van der Waals surface area contributed by atoms with Crippen LogP contribution in [0.4, 0.5) is 14.0 Å². The minimum Gasteiger partial charge on any atom is -0.480 e. The van der Waals surface area contributed by atoms with Crippen molar-refractivity contribution in [3.63, 3.8) is 0 Å². The van der Waals surface area contributed by atoms with Crippen molar-refractivity contribution in [3.05, 3.63) is 29.6 Å². The average Bonchev–Trinajstić information content (AvgIpc) is 2.93. The van der Waals surface area contributed by atoms with Gasteiger partial charge in [-0.25, -0.2) is 18.9 Å². The lowest BCUT2D eigenvalue weighted by Gasteiger charge is -2.41. The second-order valence-electron chi connectivity index (χ2n) is 7.59. The molecule has 0 bridgehead atoms. The number of fused-ring (bicyclic) bond motifs is 2. The second-order valence-corrected chi connectivity index (χ2v) is 7.59. The van der Waals surface area contributed by atoms with Gasteiger partial charge in [0.15, 0.2) is 11.6 Å². The maximum atomic E-state index is 14.0. The number of rotatable bonds is 2. The number of carbonyl (C=O) groups excluding carboxylic acids is 4. The molecule has 1 spiro atoms. The predicted molar refractivity (Wildman–Crippen MR) is 97.1 cm³/mol. The normalized spacial score (nSPS) is 26.7. The molecule has 9 nitrogen and oxygen atoms in total. The maximum Gasteiger partial charge on any atom is 0.333 e. The zero-order valence-corrected chi connectivity index (χ0v) is 15.6. The summed E-state index contributed by atoms with van der Waals surface area (Å²) in [7, 11) is 0. The van der Waals surface area contributed by atoms with E-state index >= 15 is 0 Å². The molecule has 2 atom stereocenters. The molecule has 29 heavy (non-hydrogen) atoms. The Morgan fingerprint density at radius 1 is 1.24 bits per heavy atom. The fourth-order valence-corrected chi connectivity index (χ4v) is 4.37. The van der Waals surface area contributed by atoms with E-state index in [-0.39, 0.29) is 17.4 Å². The highest BCUT2D eigenvalue weighted by molar-refractivity contribution is 6.14. The van der Waals surface area contributed by atoms with Gasteiger partial charge >= 0.3 is 12.1 Å². The first-order valence-electron chi connectivity index (χ1n) is 9.55. The number of ether oxygens (including phenoxy) is 1. The number of nitrogens with two attached hydrogens (primary N) is 1. The van der Waals surface area contributed by atoms with Crippen LogP contribution in [-0.2, 0) is 15.1 Å². The van der Waals surface area contributed by atoms with E-state index in [1.807, 2.05) is 0 Å². The van der Waals surface area contributed by atoms with Crippen molar-refractivity contribution in [2.75, 3.05) is 0 Å². The standard InChI is InChI=1S/C19H21FN4O5/c20-10-6-7-13-12(8-10)19(9-14(29-13)15(21)25)16(26)23-18(28)24(19)17(27)22-11-4-2-1-3-5-11/h6-8,11,14H,1-5,9H2,(H2,21,25)(H,22,27)(H,23,26,28)/t14-,19?/m1/s1. The molecule has 1 aromatic carbocycles. The molecule has 10 heteroatoms. The van der Waals surface area contributed by atoms with E-state index in [2.05, 4.69) is 10.6 Å². The molecule has 0 aromatic heterocycles. The quantitative estimate of drug-likeness (QED) is 0.639. The molecule has 1 aromatic rings. The molecule has 2 fully saturated rings. The van der Waals surface area contributed by atoms with Crippen LogP contribution in [0.15, 0.2) is 18.2 Å². The molecule has 1 saturated heterocycles. The van der Waals surface area contributed by atoms with Crippen molar-refractivity contribution in [3.8, 4) is 5.75 Å². The Kier molecular flexibility index (Phi) is 4.64. The zero-order chi connectivity index (χ0) is 20.8. The first kappa shape index (κ1) is 19.2. The Labute approximate surface area is 165 Å². The van der Waals surface area contributed by atoms with Crippen LogP contribution in [0.2, 0.25) is 0 Å². The molecule has 4 rings (SSSR count). The Hall–Kier alpha value is -3.17. The highest BCUT2D eigenvalue weighted by Crippen LogP contribution is 2.46. The van der Waals surface area contributed by atoms with Crippen LogP contribution in [0.5, 0.6) is 5.75 Å². The summed E-state index contributed by atoms with van der Waals surface area (Å²) in [5.74, 6) is -2.35. The smallest absolute Gasteiger partial charge is 0.333 e. The number of urea groups is 2. The summed E-state index contributed by atoms with van der Waals surface area (Å²) in [6, 6.07) is 1.53. The van der Waals surface area contributed by atoms with Crippen molar-refractivity contribution in [2.24, 2.45) is 5.73 Å². The van der Waals surface area contributed by atoms with Gasteiger partial charge in [-0.1, -0.05) is 19.3 Å². The summed E-state index contributed by atoms with van der Waals surface area (Å²) < 4.78 is 19.5. The third-order valence-corrected chi connectivity index (χ3v) is 5.77. The van der Waals surface area contributed by atoms with Crippen molar-refractivity contribution in [1.29, 1.82) is 0 Å². The van der Waals surface area contributed by atoms with Gasteiger partial charge in [0.2, 0.25) is 0 Å². The number of amides is 6. The van der Waals surface area contributed by atoms with Crippen LogP contribution in [0.25, 0.3) is 0 Å². The molecular formula is C19H21FN4O5. The van der Waals surface area contributed by atoms with E-state index in [9.17, 15) is 23.6 Å². The highest BCUT2D eigenvalue weighted by Gasteiger charge is 2.62. The van der Waals surface area contributed by atoms with Crippen molar-refractivity contribution < 1.29 is 28.3 Å². The lowest BCUT2D eigenvalue weighted by Crippen LogP contribution is -2.59. The molecule has 1 saturated carbocycles. The Balaban J connectivity index is 1.78. The predicted octanol–water partition coefficient (Wildman–Crippen LogP) is 1.25. The van der Waals surface area contributed by atoms with Crippen molar-refractivity contribution in [1.82, 2.24) is 15.5 Å². The van der Waals surface area contributed by atoms with Crippen LogP contribution >= 0.6 is 0 Å². The summed E-state index contributed by atoms with van der Waals surface area (Å²) in [6.45, 7) is 0. The molecular weight excluding hydrogens is 383 g/mol. The zero-order valence-electron chi connectivity index (χ0n) is 15.6. The van der Waals surface area contributed by atoms with E-state index in [4.69, 9.17) is 10.5 Å². The SMILES string of the molecule is NC(=O)[C@H]1CC2(C(=O)NC(=O)N2C(=O)NC2CCCCC2)c2cc(F)ccc2O1. The van der Waals surface area contributed by atoms with Crippen molar-refractivity contribution in [2.45, 2.75) is 56.2 Å². The second kappa shape index (κ2) is 7.02. The summed E-state index contributed by atoms with van der Waals surface area (Å²) in [5.41, 5.74) is 3.45. The highest BCUT2D eigenvalue weighted by atomic mass is 19.1. The van der Waals surface area contributed by atoms with Gasteiger partial charge < -0.3 is 15.8 Å². The summed E-state index contributed by atoms with van der Waals surface area (Å²) >= 11 is 0. The number of imide groups is 2. The Morgan fingerprint density at radius 2 is 1.97 bits per heavy atom. The lowest BCUT2D eigenvalue weighted by atomic mass is 9.80. The molecule has 4 N–H and O–H groups in total. The van der Waals surface area contributed by atoms with E-state index in [1.54, 1.807) is 0 Å². The van der Waals surface area contributed by atoms with Crippen molar-refractivity contribution >= 4 is 23.9 Å². The van der Waals surface area contributed by atoms with Crippen LogP contribution < -0.4 is 21.1 Å². The van der Waals surface area contributed by atoms with Gasteiger partial charge in [0.1, 0.15) is 11.6 Å². The number of primary amides is 1. The molecule has 2 aliphatic heterocycles. The first-order chi connectivity index (χ1) is 13.8. The number of hydrogen-bond acceptors (Lipinski definition) is 5. The topological polar surface area (TPSA) is 131 Å². The van der Waals surface area contributed by atoms with Gasteiger partial charge in [0, 0.05) is 18.0 Å². The van der Waals surface area contributed by atoms with Gasteiger partial charge in [-0.15, -0.1) is 0 Å². The van der Waals surface area contributed by atoms with Gasteiger partial charge in [-0.05, 0) is 31.0 Å². The van der Waals surface area contributed by atoms with Gasteiger partial charge in [-0.2, -0.15) is 0 Å². The lowest BCUT2D eigenvalue weighted by molar-refractivity contribution is -0.133. The first-order valence-corrected chi connectivity index (χ1v) is 9.55. The number of benzene rings is 1. The van der Waals surface area contributed by atoms with Gasteiger partial charge in [-0.3, -0.25) is 14.9 Å². The number of nitrogens with zero attached hydrogens (tertiary/aromatic N) is 1. The van der Waals surface area contributed by atoms with Crippen LogP contribution in [-0.4, -0.2) is 40.9 Å². The molecule has 3 aliphatic rings. The fourth-order valence-electron chi connectivity index (χ4n) is 4.37. The van der Waals surface area contributed by atoms with Crippen LogP contribution in [0.1, 0.15) is 44.1 Å². The van der Waals surface area contributed by atoms with Crippen LogP contribution in [0, 0.1) is 5.82 Å². The summed E-state index contributed by atoms with van der Waals surface area (Å²) in [5, 5.41) is 4.92. The Morgan fingerprint density at radius 3 is 2.66 bits per heavy atom. The number of halogens is 1. The monoisotopic (exact) mass is 404 g/mol. The third kappa shape index (κ3) is 3.08. The summed E-state index contributed by atoms with van der Waals surface area (Å²) in [4.78, 5) is 51.2. The number of nitrogens with one attached hydrogen (secondary N) is 2. The van der Waals surface area contributed by atoms with Gasteiger partial charge in [0.05, 0.1) is 0 Å². The number of hydrogen-bond donors (Lipinski definition) is 3. The third-order valence-electron chi connectivity index (χ3n) is 5.77. The average molecular weight is 404 g/mol. The van der Waals surface area contributed by atoms with Gasteiger partial charge in [0.25, 0.3) is 11.8 Å². The van der Waals surface area contributed by atoms with E-state index in [0.29, 0.717) is 0 Å². The van der Waals surface area contributed by atoms with E-state index < -0.39 is 47.8 Å². The largest absolute Gasteiger partial charge is 0.480 e.